The third kappa shape index (κ3) is 11.8. The number of amides is 4. The van der Waals surface area contributed by atoms with Crippen LogP contribution >= 0.6 is 0 Å². The molecule has 0 saturated carbocycles. The first-order chi connectivity index (χ1) is 47.6. The van der Waals surface area contributed by atoms with Crippen LogP contribution in [0.4, 0.5) is 11.4 Å². The van der Waals surface area contributed by atoms with Crippen molar-refractivity contribution in [1.29, 1.82) is 0 Å². The van der Waals surface area contributed by atoms with Gasteiger partial charge in [-0.05, 0) is 170 Å². The van der Waals surface area contributed by atoms with Gasteiger partial charge in [-0.1, -0.05) is 216 Å². The summed E-state index contributed by atoms with van der Waals surface area (Å²) in [5.41, 5.74) is 9.36. The minimum atomic E-state index is -0.488. The second-order valence-corrected chi connectivity index (χ2v) is 27.4. The van der Waals surface area contributed by atoms with E-state index in [1.165, 1.54) is 9.80 Å². The quantitative estimate of drug-likeness (QED) is 0.0299. The molecule has 0 bridgehead atoms. The summed E-state index contributed by atoms with van der Waals surface area (Å²) >= 11 is 0. The number of benzene rings is 11. The molecule has 2 aliphatic heterocycles. The maximum absolute atomic E-state index is 16.8. The number of aryl methyl sites for hydroxylation is 4. The van der Waals surface area contributed by atoms with E-state index in [0.29, 0.717) is 127 Å². The van der Waals surface area contributed by atoms with Gasteiger partial charge in [-0.25, -0.2) is 9.80 Å². The molecular formula is C88H90N2O8. The van der Waals surface area contributed by atoms with E-state index in [2.05, 4.69) is 91.8 Å². The molecule has 0 radical (unpaired) electrons. The predicted molar refractivity (Wildman–Crippen MR) is 399 cm³/mol. The van der Waals surface area contributed by atoms with E-state index >= 15 is 19.2 Å². The lowest BCUT2D eigenvalue weighted by molar-refractivity contribution is 0.0877. The normalized spacial score (nSPS) is 13.2. The molecule has 0 atom stereocenters. The van der Waals surface area contributed by atoms with Gasteiger partial charge >= 0.3 is 0 Å². The maximum atomic E-state index is 16.8. The number of imide groups is 2. The van der Waals surface area contributed by atoms with Crippen molar-refractivity contribution < 1.29 is 38.1 Å². The molecule has 0 N–H and O–H groups in total. The Morgan fingerprint density at radius 3 is 0.684 bits per heavy atom. The monoisotopic (exact) mass is 1300 g/mol. The van der Waals surface area contributed by atoms with Gasteiger partial charge in [0.15, 0.2) is 0 Å². The molecule has 0 fully saturated rings. The van der Waals surface area contributed by atoms with E-state index in [0.717, 1.165) is 95.9 Å². The topological polar surface area (TPSA) is 112 Å². The highest BCUT2D eigenvalue weighted by molar-refractivity contribution is 6.48. The van der Waals surface area contributed by atoms with Crippen LogP contribution in [0.1, 0.15) is 193 Å². The zero-order chi connectivity index (χ0) is 68.8. The number of carbonyl (C=O) groups excluding carboxylic acids is 4. The fourth-order valence-electron chi connectivity index (χ4n) is 15.5. The molecular weight excluding hydrogens is 1210 g/mol. The highest BCUT2D eigenvalue weighted by Gasteiger charge is 2.44. The first-order valence-electron chi connectivity index (χ1n) is 35.9. The minimum Gasteiger partial charge on any atom is -0.456 e. The summed E-state index contributed by atoms with van der Waals surface area (Å²) in [6.07, 6.45) is 10.1. The fourth-order valence-corrected chi connectivity index (χ4v) is 15.5. The van der Waals surface area contributed by atoms with Crippen molar-refractivity contribution in [3.63, 3.8) is 0 Å². The Kier molecular flexibility index (Phi) is 19.1. The van der Waals surface area contributed by atoms with Crippen LogP contribution in [0.25, 0.3) is 43.1 Å². The number of hydrogen-bond donors (Lipinski definition) is 0. The summed E-state index contributed by atoms with van der Waals surface area (Å²) in [7, 11) is 0. The second-order valence-electron chi connectivity index (χ2n) is 27.4. The number of ether oxygens (including phenoxy) is 4. The van der Waals surface area contributed by atoms with Gasteiger partial charge in [-0.2, -0.15) is 0 Å². The Bertz CT molecular complexity index is 4330. The van der Waals surface area contributed by atoms with E-state index < -0.39 is 23.6 Å². The number of nitrogens with zero attached hydrogens (tertiary/aromatic N) is 2. The van der Waals surface area contributed by atoms with Crippen molar-refractivity contribution in [2.75, 3.05) is 9.80 Å². The number of para-hydroxylation sites is 6. The summed E-state index contributed by atoms with van der Waals surface area (Å²) in [6, 6.07) is 50.9. The van der Waals surface area contributed by atoms with Gasteiger partial charge in [-0.15, -0.1) is 0 Å². The largest absolute Gasteiger partial charge is 0.456 e. The third-order valence-electron chi connectivity index (χ3n) is 21.7. The van der Waals surface area contributed by atoms with Crippen LogP contribution in [-0.2, 0) is 25.7 Å². The molecule has 0 aliphatic carbocycles. The van der Waals surface area contributed by atoms with Crippen LogP contribution in [0.2, 0.25) is 0 Å². The molecule has 0 saturated heterocycles. The Balaban J connectivity index is 1.23. The van der Waals surface area contributed by atoms with Crippen LogP contribution < -0.4 is 28.7 Å². The van der Waals surface area contributed by atoms with Gasteiger partial charge in [0.2, 0.25) is 0 Å². The van der Waals surface area contributed by atoms with Crippen molar-refractivity contribution in [2.45, 2.75) is 160 Å². The lowest BCUT2D eigenvalue weighted by Crippen LogP contribution is -2.42. The molecule has 13 rings (SSSR count). The van der Waals surface area contributed by atoms with Gasteiger partial charge in [0.05, 0.1) is 33.6 Å². The van der Waals surface area contributed by atoms with Gasteiger partial charge in [0.25, 0.3) is 23.6 Å². The average Bonchev–Trinajstić information content (AvgIpc) is 0.671. The summed E-state index contributed by atoms with van der Waals surface area (Å²) in [5.74, 6) is 2.48. The summed E-state index contributed by atoms with van der Waals surface area (Å²) in [5, 5.41) is 3.65. The number of carbonyl (C=O) groups is 4. The Morgan fingerprint density at radius 1 is 0.265 bits per heavy atom. The smallest absolute Gasteiger partial charge is 0.266 e. The van der Waals surface area contributed by atoms with Gasteiger partial charge < -0.3 is 18.9 Å². The van der Waals surface area contributed by atoms with Crippen molar-refractivity contribution in [3.8, 4) is 46.0 Å². The molecule has 98 heavy (non-hydrogen) atoms. The number of fused-ring (bicyclic) bond motifs is 2. The fraction of sp³-hybridized carbons (Fsp3) is 0.318. The van der Waals surface area contributed by atoms with Crippen LogP contribution in [0, 0.1) is 51.4 Å². The lowest BCUT2D eigenvalue weighted by atomic mass is 9.80. The molecule has 500 valence electrons. The molecule has 10 nitrogen and oxygen atoms in total. The first-order valence-corrected chi connectivity index (χ1v) is 35.9. The lowest BCUT2D eigenvalue weighted by Gasteiger charge is -2.35. The summed E-state index contributed by atoms with van der Waals surface area (Å²) in [6.45, 7) is 25.6. The van der Waals surface area contributed by atoms with Gasteiger partial charge in [0, 0.05) is 43.1 Å². The third-order valence-corrected chi connectivity index (χ3v) is 21.7. The summed E-state index contributed by atoms with van der Waals surface area (Å²) in [4.78, 5) is 70.1. The maximum Gasteiger partial charge on any atom is 0.266 e. The van der Waals surface area contributed by atoms with Crippen molar-refractivity contribution in [3.05, 3.63) is 224 Å². The molecule has 2 heterocycles. The van der Waals surface area contributed by atoms with Gasteiger partial charge in [-0.3, -0.25) is 19.2 Å². The molecule has 0 spiro atoms. The zero-order valence-electron chi connectivity index (χ0n) is 59.0. The molecule has 2 aliphatic rings. The van der Waals surface area contributed by atoms with Crippen molar-refractivity contribution >= 4 is 78.1 Å². The average molecular weight is 1300 g/mol. The highest BCUT2D eigenvalue weighted by Crippen LogP contribution is 2.59. The molecule has 0 aromatic heterocycles. The van der Waals surface area contributed by atoms with Crippen molar-refractivity contribution in [2.24, 2.45) is 23.7 Å². The highest BCUT2D eigenvalue weighted by atomic mass is 16.5. The molecule has 0 unspecified atom stereocenters. The Hall–Kier alpha value is -9.80. The predicted octanol–water partition coefficient (Wildman–Crippen LogP) is 23.7. The molecule has 4 amide bonds. The molecule has 11 aromatic carbocycles. The van der Waals surface area contributed by atoms with Crippen LogP contribution in [0.3, 0.4) is 0 Å². The first kappa shape index (κ1) is 66.8. The van der Waals surface area contributed by atoms with Crippen LogP contribution in [-0.4, -0.2) is 23.6 Å². The van der Waals surface area contributed by atoms with E-state index in [9.17, 15) is 0 Å². The Labute approximate surface area is 577 Å². The van der Waals surface area contributed by atoms with Crippen LogP contribution in [0.5, 0.6) is 46.0 Å². The zero-order valence-corrected chi connectivity index (χ0v) is 59.0. The molecule has 11 aromatic rings. The van der Waals surface area contributed by atoms with E-state index in [1.54, 1.807) is 0 Å². The van der Waals surface area contributed by atoms with Gasteiger partial charge in [0.1, 0.15) is 46.0 Å². The SMILES string of the molecule is CCC(CC)Cc1cccc(CC(CC)CC)c1N1C(=O)c2cc(Oc3ccccc3C)c3c4c(Oc5ccccc5C)cc5c6c(cc(Oc7ccccc7C)c(c7c(Oc8ccccc8C)cc(c2c37)C1=O)c64)C(=O)N(c1c(CC(CC)CC)cccc1CC(CC)CC)C5=O. The minimum absolute atomic E-state index is 0.255. The summed E-state index contributed by atoms with van der Waals surface area (Å²) < 4.78 is 29.9. The second kappa shape index (κ2) is 28.0. The van der Waals surface area contributed by atoms with Crippen molar-refractivity contribution in [1.82, 2.24) is 0 Å². The number of anilines is 2. The van der Waals surface area contributed by atoms with E-state index in [1.807, 2.05) is 149 Å². The van der Waals surface area contributed by atoms with Crippen LogP contribution in [0.15, 0.2) is 158 Å². The standard InChI is InChI=1S/C88H90N2O8/c1-13-55(14-2)43-59-35-29-36-60(44-56(15-3)16-4)83(59)89-85(91)63-47-71(95-67-39-25-21-31-51(67)9)77-79-73(97-69-41-27-23-33-53(69)11)49-65-76-66(88(94)90(87(65)93)84-61(45-57(17-5)18-6)37-30-38-62(84)46-58(19-7)20-8)50-74(98-70-42-28-24-34-54(70)12)80(82(76)79)78-72(96-68-40-26-22-32-52(68)10)48-64(86(89)92)75(63)81(77)78/h21-42,47-50,55-58H,13-20,43-46H2,1-12H3. The Morgan fingerprint density at radius 2 is 0.480 bits per heavy atom. The number of rotatable bonds is 26. The molecule has 10 heteroatoms. The van der Waals surface area contributed by atoms with E-state index in [4.69, 9.17) is 18.9 Å². The number of hydrogen-bond acceptors (Lipinski definition) is 8. The van der Waals surface area contributed by atoms with E-state index in [-0.39, 0.29) is 45.3 Å².